The smallest absolute Gasteiger partial charge is 0.328 e. The summed E-state index contributed by atoms with van der Waals surface area (Å²) in [5.41, 5.74) is 8.27. The summed E-state index contributed by atoms with van der Waals surface area (Å²) in [7, 11) is 1.72. The maximum Gasteiger partial charge on any atom is 0.328 e. The Hall–Kier alpha value is -2.21. The monoisotopic (exact) mass is 261 g/mol. The number of aryl methyl sites for hydroxylation is 1. The number of hydrogen-bond acceptors (Lipinski definition) is 4. The van der Waals surface area contributed by atoms with Gasteiger partial charge in [-0.25, -0.2) is 4.79 Å². The van der Waals surface area contributed by atoms with Gasteiger partial charge < -0.3 is 19.8 Å². The molecule has 0 unspecified atom stereocenters. The van der Waals surface area contributed by atoms with Crippen molar-refractivity contribution in [3.8, 4) is 5.75 Å². The van der Waals surface area contributed by atoms with Gasteiger partial charge in [0.15, 0.2) is 6.79 Å². The number of hydrogen-bond donors (Lipinski definition) is 1. The Morgan fingerprint density at radius 2 is 2.21 bits per heavy atom. The Bertz CT molecular complexity index is 672. The highest BCUT2D eigenvalue weighted by atomic mass is 16.7. The lowest BCUT2D eigenvalue weighted by molar-refractivity contribution is -0.0170. The van der Waals surface area contributed by atoms with Gasteiger partial charge >= 0.3 is 5.69 Å². The number of aromatic nitrogens is 2. The van der Waals surface area contributed by atoms with E-state index in [2.05, 4.69) is 0 Å². The molecule has 2 aromatic rings. The average Bonchev–Trinajstić information content (AvgIpc) is 2.70. The normalized spacial score (nSPS) is 13.9. The summed E-state index contributed by atoms with van der Waals surface area (Å²) in [6.07, 6.45) is 3.47. The van der Waals surface area contributed by atoms with Crippen LogP contribution in [0, 0.1) is 0 Å². The van der Waals surface area contributed by atoms with E-state index in [9.17, 15) is 4.79 Å². The van der Waals surface area contributed by atoms with Crippen molar-refractivity contribution in [1.29, 1.82) is 0 Å². The minimum absolute atomic E-state index is 0.0665. The first-order valence-electron chi connectivity index (χ1n) is 5.99. The molecule has 100 valence electrons. The van der Waals surface area contributed by atoms with Crippen LogP contribution in [0.1, 0.15) is 11.1 Å². The summed E-state index contributed by atoms with van der Waals surface area (Å²) in [6.45, 7) is 1.15. The van der Waals surface area contributed by atoms with Crippen molar-refractivity contribution < 1.29 is 9.47 Å². The Balaban J connectivity index is 2.03. The number of benzene rings is 1. The Kier molecular flexibility index (Phi) is 2.79. The van der Waals surface area contributed by atoms with Crippen molar-refractivity contribution in [1.82, 2.24) is 9.13 Å². The van der Waals surface area contributed by atoms with Gasteiger partial charge in [-0.15, -0.1) is 0 Å². The van der Waals surface area contributed by atoms with E-state index < -0.39 is 0 Å². The van der Waals surface area contributed by atoms with E-state index in [0.717, 1.165) is 16.9 Å². The molecule has 1 aromatic carbocycles. The SMILES string of the molecule is Cn1ccn(Cc2cc(N)cc3c2OCOC3)c1=O. The third kappa shape index (κ3) is 2.10. The molecule has 19 heavy (non-hydrogen) atoms. The van der Waals surface area contributed by atoms with Gasteiger partial charge in [0.2, 0.25) is 0 Å². The lowest BCUT2D eigenvalue weighted by Gasteiger charge is -2.21. The zero-order valence-corrected chi connectivity index (χ0v) is 10.6. The fourth-order valence-electron chi connectivity index (χ4n) is 2.26. The lowest BCUT2D eigenvalue weighted by atomic mass is 10.1. The number of ether oxygens (including phenoxy) is 2. The Morgan fingerprint density at radius 1 is 1.37 bits per heavy atom. The van der Waals surface area contributed by atoms with Crippen LogP contribution >= 0.6 is 0 Å². The van der Waals surface area contributed by atoms with Crippen LogP contribution in [0.25, 0.3) is 0 Å². The molecule has 0 saturated heterocycles. The Labute approximate surface area is 110 Å². The van der Waals surface area contributed by atoms with Crippen LogP contribution in [-0.2, 0) is 24.9 Å². The first-order chi connectivity index (χ1) is 9.15. The van der Waals surface area contributed by atoms with Gasteiger partial charge in [-0.05, 0) is 12.1 Å². The largest absolute Gasteiger partial charge is 0.467 e. The molecule has 0 fully saturated rings. The molecule has 1 aromatic heterocycles. The number of fused-ring (bicyclic) bond motifs is 1. The van der Waals surface area contributed by atoms with Crippen LogP contribution in [0.5, 0.6) is 5.75 Å². The van der Waals surface area contributed by atoms with Crippen molar-refractivity contribution in [2.24, 2.45) is 7.05 Å². The van der Waals surface area contributed by atoms with Crippen LogP contribution in [0.3, 0.4) is 0 Å². The summed E-state index contributed by atoms with van der Waals surface area (Å²) >= 11 is 0. The summed E-state index contributed by atoms with van der Waals surface area (Å²) in [5, 5.41) is 0. The van der Waals surface area contributed by atoms with E-state index in [4.69, 9.17) is 15.2 Å². The van der Waals surface area contributed by atoms with Crippen molar-refractivity contribution in [2.45, 2.75) is 13.2 Å². The van der Waals surface area contributed by atoms with Gasteiger partial charge in [0.1, 0.15) is 5.75 Å². The quantitative estimate of drug-likeness (QED) is 0.807. The molecule has 2 heterocycles. The standard InChI is InChI=1S/C13H15N3O3/c1-15-2-3-16(13(15)17)6-9-4-11(14)5-10-7-18-8-19-12(9)10/h2-5H,6-8,14H2,1H3. The molecular formula is C13H15N3O3. The molecule has 0 radical (unpaired) electrons. The number of nitrogen functional groups attached to an aromatic ring is 1. The average molecular weight is 261 g/mol. The minimum atomic E-state index is -0.0665. The summed E-state index contributed by atoms with van der Waals surface area (Å²) in [5.74, 6) is 0.774. The van der Waals surface area contributed by atoms with Gasteiger partial charge in [0.25, 0.3) is 0 Å². The fraction of sp³-hybridized carbons (Fsp3) is 0.308. The number of nitrogens with two attached hydrogens (primary N) is 1. The second kappa shape index (κ2) is 4.47. The molecule has 0 saturated carbocycles. The van der Waals surface area contributed by atoms with Crippen molar-refractivity contribution in [2.75, 3.05) is 12.5 Å². The first kappa shape index (κ1) is 11.9. The zero-order valence-electron chi connectivity index (χ0n) is 10.6. The number of rotatable bonds is 2. The van der Waals surface area contributed by atoms with Gasteiger partial charge in [0.05, 0.1) is 13.2 Å². The number of nitrogens with zero attached hydrogens (tertiary/aromatic N) is 2. The maximum absolute atomic E-state index is 11.9. The predicted molar refractivity (Wildman–Crippen MR) is 69.9 cm³/mol. The third-order valence-electron chi connectivity index (χ3n) is 3.17. The molecule has 3 rings (SSSR count). The second-order valence-corrected chi connectivity index (χ2v) is 4.60. The van der Waals surface area contributed by atoms with Crippen LogP contribution in [0.2, 0.25) is 0 Å². The maximum atomic E-state index is 11.9. The predicted octanol–water partition coefficient (Wildman–Crippen LogP) is 0.684. The van der Waals surface area contributed by atoms with E-state index in [0.29, 0.717) is 18.8 Å². The molecule has 1 aliphatic heterocycles. The van der Waals surface area contributed by atoms with Crippen LogP contribution < -0.4 is 16.2 Å². The van der Waals surface area contributed by atoms with Crippen molar-refractivity contribution in [3.63, 3.8) is 0 Å². The van der Waals surface area contributed by atoms with Gasteiger partial charge in [-0.2, -0.15) is 0 Å². The topological polar surface area (TPSA) is 71.4 Å². The van der Waals surface area contributed by atoms with E-state index in [-0.39, 0.29) is 12.5 Å². The van der Waals surface area contributed by atoms with Crippen LogP contribution in [0.15, 0.2) is 29.3 Å². The van der Waals surface area contributed by atoms with Gasteiger partial charge in [-0.3, -0.25) is 4.57 Å². The van der Waals surface area contributed by atoms with Crippen LogP contribution in [-0.4, -0.2) is 15.9 Å². The van der Waals surface area contributed by atoms with Gasteiger partial charge in [0, 0.05) is 36.3 Å². The fourth-order valence-corrected chi connectivity index (χ4v) is 2.26. The third-order valence-corrected chi connectivity index (χ3v) is 3.17. The van der Waals surface area contributed by atoms with Crippen molar-refractivity contribution in [3.05, 3.63) is 46.1 Å². The van der Waals surface area contributed by atoms with E-state index >= 15 is 0 Å². The summed E-state index contributed by atoms with van der Waals surface area (Å²) < 4.78 is 13.9. The van der Waals surface area contributed by atoms with Crippen molar-refractivity contribution >= 4 is 5.69 Å². The molecule has 0 amide bonds. The lowest BCUT2D eigenvalue weighted by Crippen LogP contribution is -2.23. The minimum Gasteiger partial charge on any atom is -0.467 e. The molecule has 0 aliphatic carbocycles. The molecule has 0 atom stereocenters. The first-order valence-corrected chi connectivity index (χ1v) is 5.99. The Morgan fingerprint density at radius 3 is 2.95 bits per heavy atom. The molecule has 0 bridgehead atoms. The summed E-state index contributed by atoms with van der Waals surface area (Å²) in [4.78, 5) is 11.9. The zero-order chi connectivity index (χ0) is 13.4. The molecule has 1 aliphatic rings. The molecule has 0 spiro atoms. The van der Waals surface area contributed by atoms with Crippen LogP contribution in [0.4, 0.5) is 5.69 Å². The summed E-state index contributed by atoms with van der Waals surface area (Å²) in [6, 6.07) is 3.68. The second-order valence-electron chi connectivity index (χ2n) is 4.60. The van der Waals surface area contributed by atoms with Gasteiger partial charge in [-0.1, -0.05) is 0 Å². The highest BCUT2D eigenvalue weighted by Crippen LogP contribution is 2.31. The van der Waals surface area contributed by atoms with E-state index in [1.807, 2.05) is 12.1 Å². The number of imidazole rings is 1. The molecule has 2 N–H and O–H groups in total. The highest BCUT2D eigenvalue weighted by molar-refractivity contribution is 5.53. The molecular weight excluding hydrogens is 246 g/mol. The molecule has 6 heteroatoms. The number of anilines is 1. The molecule has 6 nitrogen and oxygen atoms in total. The van der Waals surface area contributed by atoms with E-state index in [1.54, 1.807) is 24.0 Å². The van der Waals surface area contributed by atoms with E-state index in [1.165, 1.54) is 4.57 Å². The highest BCUT2D eigenvalue weighted by Gasteiger charge is 2.17.